The third-order valence-electron chi connectivity index (χ3n) is 1.84. The number of Topliss-reactive ketones (excluding diaryl/α,β-unsaturated/α-hetero) is 1. The van der Waals surface area contributed by atoms with Gasteiger partial charge in [-0.3, -0.25) is 9.59 Å². The van der Waals surface area contributed by atoms with Crippen LogP contribution in [0.2, 0.25) is 0 Å². The minimum atomic E-state index is -0.280. The van der Waals surface area contributed by atoms with Crippen molar-refractivity contribution in [2.45, 2.75) is 18.2 Å². The van der Waals surface area contributed by atoms with Crippen LogP contribution >= 0.6 is 15.9 Å². The summed E-state index contributed by atoms with van der Waals surface area (Å²) in [6, 6.07) is 9.07. The number of carbonyl (C=O) groups is 2. The highest BCUT2D eigenvalue weighted by molar-refractivity contribution is 9.10. The fourth-order valence-electron chi connectivity index (χ4n) is 1.03. The molecule has 1 aromatic rings. The van der Waals surface area contributed by atoms with Gasteiger partial charge in [0.1, 0.15) is 0 Å². The minimum Gasteiger partial charge on any atom is -0.326 e. The van der Waals surface area contributed by atoms with Gasteiger partial charge in [0.15, 0.2) is 5.78 Å². The van der Waals surface area contributed by atoms with Gasteiger partial charge in [0.2, 0.25) is 5.91 Å². The molecular weight excluding hydrogens is 258 g/mol. The van der Waals surface area contributed by atoms with E-state index in [0.717, 1.165) is 0 Å². The molecular formula is C11H12BrNO2. The molecule has 1 amide bonds. The van der Waals surface area contributed by atoms with Crippen LogP contribution in [0.4, 0.5) is 5.69 Å². The van der Waals surface area contributed by atoms with E-state index in [1.54, 1.807) is 19.1 Å². The van der Waals surface area contributed by atoms with Gasteiger partial charge in [-0.2, -0.15) is 0 Å². The quantitative estimate of drug-likeness (QED) is 0.674. The van der Waals surface area contributed by atoms with E-state index in [-0.39, 0.29) is 22.9 Å². The van der Waals surface area contributed by atoms with E-state index < -0.39 is 0 Å². The lowest BCUT2D eigenvalue weighted by molar-refractivity contribution is -0.124. The first-order valence-corrected chi connectivity index (χ1v) is 5.53. The molecule has 80 valence electrons. The highest BCUT2D eigenvalue weighted by Gasteiger charge is 2.13. The van der Waals surface area contributed by atoms with Gasteiger partial charge in [0, 0.05) is 5.69 Å². The zero-order chi connectivity index (χ0) is 11.3. The SMILES string of the molecule is CC(Br)C(=O)CC(=O)Nc1ccccc1. The molecule has 0 aliphatic carbocycles. The number of alkyl halides is 1. The summed E-state index contributed by atoms with van der Waals surface area (Å²) in [6.45, 7) is 1.71. The van der Waals surface area contributed by atoms with Crippen LogP contribution < -0.4 is 5.32 Å². The molecule has 4 heteroatoms. The monoisotopic (exact) mass is 269 g/mol. The normalized spacial score (nSPS) is 11.9. The Balaban J connectivity index is 2.47. The number of ketones is 1. The summed E-state index contributed by atoms with van der Waals surface area (Å²) in [4.78, 5) is 22.3. The van der Waals surface area contributed by atoms with E-state index in [0.29, 0.717) is 5.69 Å². The van der Waals surface area contributed by atoms with E-state index in [1.165, 1.54) is 0 Å². The Hall–Kier alpha value is -1.16. The van der Waals surface area contributed by atoms with Crippen LogP contribution in [0.5, 0.6) is 0 Å². The summed E-state index contributed by atoms with van der Waals surface area (Å²) in [5.74, 6) is -0.402. The molecule has 15 heavy (non-hydrogen) atoms. The fraction of sp³-hybridized carbons (Fsp3) is 0.273. The van der Waals surface area contributed by atoms with Crippen molar-refractivity contribution in [3.05, 3.63) is 30.3 Å². The van der Waals surface area contributed by atoms with Crippen LogP contribution in [-0.2, 0) is 9.59 Å². The van der Waals surface area contributed by atoms with Gasteiger partial charge in [-0.1, -0.05) is 34.1 Å². The molecule has 0 saturated carbocycles. The number of hydrogen-bond acceptors (Lipinski definition) is 2. The van der Waals surface area contributed by atoms with Crippen molar-refractivity contribution >= 4 is 33.3 Å². The number of para-hydroxylation sites is 1. The highest BCUT2D eigenvalue weighted by Crippen LogP contribution is 2.07. The molecule has 0 bridgehead atoms. The summed E-state index contributed by atoms with van der Waals surface area (Å²) in [6.07, 6.45) is -0.0959. The summed E-state index contributed by atoms with van der Waals surface area (Å²) < 4.78 is 0. The molecule has 3 nitrogen and oxygen atoms in total. The van der Waals surface area contributed by atoms with Gasteiger partial charge in [-0.15, -0.1) is 0 Å². The molecule has 1 N–H and O–H groups in total. The predicted octanol–water partition coefficient (Wildman–Crippen LogP) is 2.37. The van der Waals surface area contributed by atoms with Crippen molar-refractivity contribution in [2.75, 3.05) is 5.32 Å². The third kappa shape index (κ3) is 4.25. The molecule has 0 saturated heterocycles. The fourth-order valence-corrected chi connectivity index (χ4v) is 1.19. The molecule has 0 radical (unpaired) electrons. The Morgan fingerprint density at radius 1 is 1.33 bits per heavy atom. The molecule has 0 spiro atoms. The zero-order valence-electron chi connectivity index (χ0n) is 8.37. The second-order valence-electron chi connectivity index (χ2n) is 3.17. The summed E-state index contributed by atoms with van der Waals surface area (Å²) >= 11 is 3.12. The first kappa shape index (κ1) is 11.9. The van der Waals surface area contributed by atoms with Crippen LogP contribution in [0.3, 0.4) is 0 Å². The second-order valence-corrected chi connectivity index (χ2v) is 4.55. The van der Waals surface area contributed by atoms with Crippen molar-refractivity contribution in [1.29, 1.82) is 0 Å². The molecule has 0 heterocycles. The maximum atomic E-state index is 11.4. The average Bonchev–Trinajstić information content (AvgIpc) is 2.18. The van der Waals surface area contributed by atoms with Crippen molar-refractivity contribution in [2.24, 2.45) is 0 Å². The summed E-state index contributed by atoms with van der Waals surface area (Å²) in [7, 11) is 0. The number of amides is 1. The third-order valence-corrected chi connectivity index (χ3v) is 2.35. The van der Waals surface area contributed by atoms with Crippen molar-refractivity contribution in [1.82, 2.24) is 0 Å². The number of halogens is 1. The largest absolute Gasteiger partial charge is 0.326 e. The molecule has 1 unspecified atom stereocenters. The van der Waals surface area contributed by atoms with E-state index >= 15 is 0 Å². The van der Waals surface area contributed by atoms with Crippen LogP contribution in [0.1, 0.15) is 13.3 Å². The Kier molecular flexibility index (Phi) is 4.49. The number of anilines is 1. The van der Waals surface area contributed by atoms with E-state index in [4.69, 9.17) is 0 Å². The van der Waals surface area contributed by atoms with Gasteiger partial charge in [-0.25, -0.2) is 0 Å². The van der Waals surface area contributed by atoms with Crippen LogP contribution in [0.25, 0.3) is 0 Å². The first-order valence-electron chi connectivity index (χ1n) is 4.61. The smallest absolute Gasteiger partial charge is 0.231 e. The number of carbonyl (C=O) groups excluding carboxylic acids is 2. The molecule has 0 aliphatic rings. The number of rotatable bonds is 4. The van der Waals surface area contributed by atoms with Crippen molar-refractivity contribution in [3.63, 3.8) is 0 Å². The van der Waals surface area contributed by atoms with Gasteiger partial charge in [0.05, 0.1) is 11.2 Å². The Morgan fingerprint density at radius 3 is 2.47 bits per heavy atom. The molecule has 1 aromatic carbocycles. The minimum absolute atomic E-state index is 0.0959. The average molecular weight is 270 g/mol. The second kappa shape index (κ2) is 5.66. The number of benzene rings is 1. The van der Waals surface area contributed by atoms with E-state index in [2.05, 4.69) is 21.2 Å². The maximum Gasteiger partial charge on any atom is 0.231 e. The Bertz CT molecular complexity index is 349. The molecule has 1 rings (SSSR count). The van der Waals surface area contributed by atoms with Crippen molar-refractivity contribution < 1.29 is 9.59 Å². The van der Waals surface area contributed by atoms with Gasteiger partial charge in [0.25, 0.3) is 0 Å². The summed E-state index contributed by atoms with van der Waals surface area (Å²) in [5.41, 5.74) is 0.706. The molecule has 0 aromatic heterocycles. The molecule has 0 aliphatic heterocycles. The first-order chi connectivity index (χ1) is 7.09. The van der Waals surface area contributed by atoms with Crippen molar-refractivity contribution in [3.8, 4) is 0 Å². The Labute approximate surface area is 97.0 Å². The lowest BCUT2D eigenvalue weighted by atomic mass is 10.2. The van der Waals surface area contributed by atoms with Gasteiger partial charge >= 0.3 is 0 Å². The number of nitrogens with one attached hydrogen (secondary N) is 1. The molecule has 0 fully saturated rings. The standard InChI is InChI=1S/C11H12BrNO2/c1-8(12)10(14)7-11(15)13-9-5-3-2-4-6-9/h2-6,8H,7H2,1H3,(H,13,15). The Morgan fingerprint density at radius 2 is 1.93 bits per heavy atom. The van der Waals surface area contributed by atoms with Gasteiger partial charge < -0.3 is 5.32 Å². The molecule has 1 atom stereocenters. The van der Waals surface area contributed by atoms with E-state index in [1.807, 2.05) is 18.2 Å². The zero-order valence-corrected chi connectivity index (χ0v) is 9.95. The lowest BCUT2D eigenvalue weighted by Gasteiger charge is -2.05. The van der Waals surface area contributed by atoms with Crippen LogP contribution in [0, 0.1) is 0 Å². The topological polar surface area (TPSA) is 46.2 Å². The lowest BCUT2D eigenvalue weighted by Crippen LogP contribution is -2.20. The predicted molar refractivity (Wildman–Crippen MR) is 63.1 cm³/mol. The van der Waals surface area contributed by atoms with Crippen LogP contribution in [-0.4, -0.2) is 16.5 Å². The van der Waals surface area contributed by atoms with E-state index in [9.17, 15) is 9.59 Å². The number of hydrogen-bond donors (Lipinski definition) is 1. The highest BCUT2D eigenvalue weighted by atomic mass is 79.9. The van der Waals surface area contributed by atoms with Crippen LogP contribution in [0.15, 0.2) is 30.3 Å². The maximum absolute atomic E-state index is 11.4. The van der Waals surface area contributed by atoms with Gasteiger partial charge in [-0.05, 0) is 19.1 Å². The summed E-state index contributed by atoms with van der Waals surface area (Å²) in [5, 5.41) is 2.65.